The van der Waals surface area contributed by atoms with Crippen molar-refractivity contribution in [1.29, 1.82) is 0 Å². The van der Waals surface area contributed by atoms with E-state index in [9.17, 15) is 0 Å². The molecule has 0 aliphatic carbocycles. The average molecular weight is 253 g/mol. The van der Waals surface area contributed by atoms with Crippen molar-refractivity contribution in [1.82, 2.24) is 15.5 Å². The Morgan fingerprint density at radius 3 is 1.78 bits per heavy atom. The standard InChI is InChI=1S/C15H31N3/c1-11-9-18(10-12(2)16-11)13-7-14(3,4)17-15(5,6)8-13/h11-13,16-17H,7-10H2,1-6H3. The van der Waals surface area contributed by atoms with Gasteiger partial charge in [0, 0.05) is 42.3 Å². The van der Waals surface area contributed by atoms with E-state index in [0.717, 1.165) is 6.04 Å². The third-order valence-corrected chi connectivity index (χ3v) is 4.27. The van der Waals surface area contributed by atoms with Gasteiger partial charge in [-0.3, -0.25) is 4.90 Å². The Balaban J connectivity index is 2.07. The lowest BCUT2D eigenvalue weighted by molar-refractivity contribution is 0.0398. The van der Waals surface area contributed by atoms with Crippen molar-refractivity contribution in [2.24, 2.45) is 0 Å². The van der Waals surface area contributed by atoms with Crippen molar-refractivity contribution in [3.63, 3.8) is 0 Å². The molecule has 0 saturated carbocycles. The molecule has 2 rings (SSSR count). The van der Waals surface area contributed by atoms with Crippen molar-refractivity contribution in [2.75, 3.05) is 13.1 Å². The topological polar surface area (TPSA) is 27.3 Å². The molecule has 3 nitrogen and oxygen atoms in total. The Morgan fingerprint density at radius 1 is 0.889 bits per heavy atom. The number of hydrogen-bond acceptors (Lipinski definition) is 3. The maximum absolute atomic E-state index is 3.78. The van der Waals surface area contributed by atoms with Crippen LogP contribution >= 0.6 is 0 Å². The smallest absolute Gasteiger partial charge is 0.0169 e. The molecule has 2 fully saturated rings. The van der Waals surface area contributed by atoms with E-state index in [-0.39, 0.29) is 11.1 Å². The van der Waals surface area contributed by atoms with E-state index in [1.165, 1.54) is 25.9 Å². The summed E-state index contributed by atoms with van der Waals surface area (Å²) >= 11 is 0. The number of hydrogen-bond donors (Lipinski definition) is 2. The third kappa shape index (κ3) is 3.46. The summed E-state index contributed by atoms with van der Waals surface area (Å²) in [7, 11) is 0. The highest BCUT2D eigenvalue weighted by Gasteiger charge is 2.41. The molecule has 2 aliphatic heterocycles. The first kappa shape index (κ1) is 14.3. The van der Waals surface area contributed by atoms with Gasteiger partial charge in [-0.15, -0.1) is 0 Å². The fourth-order valence-corrected chi connectivity index (χ4v) is 4.19. The summed E-state index contributed by atoms with van der Waals surface area (Å²) in [4.78, 5) is 2.72. The van der Waals surface area contributed by atoms with E-state index in [1.807, 2.05) is 0 Å². The molecule has 2 N–H and O–H groups in total. The van der Waals surface area contributed by atoms with Crippen molar-refractivity contribution >= 4 is 0 Å². The zero-order chi connectivity index (χ0) is 13.6. The highest BCUT2D eigenvalue weighted by Crippen LogP contribution is 2.32. The minimum atomic E-state index is 0.254. The van der Waals surface area contributed by atoms with E-state index in [1.54, 1.807) is 0 Å². The van der Waals surface area contributed by atoms with Gasteiger partial charge in [-0.05, 0) is 54.4 Å². The highest BCUT2D eigenvalue weighted by molar-refractivity contribution is 5.01. The monoisotopic (exact) mass is 253 g/mol. The van der Waals surface area contributed by atoms with Crippen molar-refractivity contribution in [3.05, 3.63) is 0 Å². The Bertz CT molecular complexity index is 272. The van der Waals surface area contributed by atoms with Crippen LogP contribution in [0.1, 0.15) is 54.4 Å². The predicted molar refractivity (Wildman–Crippen MR) is 77.9 cm³/mol. The number of rotatable bonds is 1. The van der Waals surface area contributed by atoms with Crippen LogP contribution in [0.25, 0.3) is 0 Å². The maximum atomic E-state index is 3.78. The number of piperazine rings is 1. The van der Waals surface area contributed by atoms with Crippen molar-refractivity contribution in [2.45, 2.75) is 83.6 Å². The van der Waals surface area contributed by atoms with Gasteiger partial charge in [0.05, 0.1) is 0 Å². The van der Waals surface area contributed by atoms with Gasteiger partial charge in [-0.25, -0.2) is 0 Å². The largest absolute Gasteiger partial charge is 0.309 e. The van der Waals surface area contributed by atoms with E-state index in [4.69, 9.17) is 0 Å². The Kier molecular flexibility index (Phi) is 3.79. The van der Waals surface area contributed by atoms with Gasteiger partial charge in [0.15, 0.2) is 0 Å². The third-order valence-electron chi connectivity index (χ3n) is 4.27. The van der Waals surface area contributed by atoms with Gasteiger partial charge in [0.2, 0.25) is 0 Å². The van der Waals surface area contributed by atoms with Crippen molar-refractivity contribution < 1.29 is 0 Å². The molecule has 0 aromatic carbocycles. The van der Waals surface area contributed by atoms with Gasteiger partial charge in [0.25, 0.3) is 0 Å². The first-order valence-electron chi connectivity index (χ1n) is 7.46. The molecule has 106 valence electrons. The van der Waals surface area contributed by atoms with E-state index in [0.29, 0.717) is 12.1 Å². The Labute approximate surface area is 113 Å². The summed E-state index contributed by atoms with van der Waals surface area (Å²) in [6, 6.07) is 1.97. The molecule has 0 aromatic heterocycles. The molecule has 2 saturated heterocycles. The number of piperidine rings is 1. The fourth-order valence-electron chi connectivity index (χ4n) is 4.19. The molecule has 0 aromatic rings. The van der Waals surface area contributed by atoms with E-state index < -0.39 is 0 Å². The summed E-state index contributed by atoms with van der Waals surface area (Å²) in [5, 5.41) is 7.41. The fraction of sp³-hybridized carbons (Fsp3) is 1.00. The number of nitrogens with zero attached hydrogens (tertiary/aromatic N) is 1. The molecule has 0 bridgehead atoms. The maximum Gasteiger partial charge on any atom is 0.0169 e. The van der Waals surface area contributed by atoms with Crippen LogP contribution in [0.15, 0.2) is 0 Å². The van der Waals surface area contributed by atoms with Gasteiger partial charge < -0.3 is 10.6 Å². The lowest BCUT2D eigenvalue weighted by Gasteiger charge is -2.51. The lowest BCUT2D eigenvalue weighted by Crippen LogP contribution is -2.65. The second-order valence-electron chi connectivity index (χ2n) is 7.88. The van der Waals surface area contributed by atoms with Gasteiger partial charge in [-0.2, -0.15) is 0 Å². The zero-order valence-corrected chi connectivity index (χ0v) is 13.0. The molecule has 2 aliphatic rings. The minimum absolute atomic E-state index is 0.254. The molecular weight excluding hydrogens is 222 g/mol. The number of nitrogens with one attached hydrogen (secondary N) is 2. The van der Waals surface area contributed by atoms with Crippen LogP contribution in [0.2, 0.25) is 0 Å². The molecule has 2 atom stereocenters. The van der Waals surface area contributed by atoms with Crippen LogP contribution in [0.5, 0.6) is 0 Å². The summed E-state index contributed by atoms with van der Waals surface area (Å²) in [5.74, 6) is 0. The normalized spacial score (nSPS) is 37.7. The lowest BCUT2D eigenvalue weighted by atomic mass is 9.78. The predicted octanol–water partition coefficient (Wildman–Crippen LogP) is 1.98. The Hall–Kier alpha value is -0.120. The summed E-state index contributed by atoms with van der Waals surface area (Å²) in [6.45, 7) is 16.4. The van der Waals surface area contributed by atoms with E-state index in [2.05, 4.69) is 57.1 Å². The molecule has 2 heterocycles. The minimum Gasteiger partial charge on any atom is -0.309 e. The second-order valence-corrected chi connectivity index (χ2v) is 7.88. The first-order valence-corrected chi connectivity index (χ1v) is 7.46. The highest BCUT2D eigenvalue weighted by atomic mass is 15.3. The van der Waals surface area contributed by atoms with Crippen molar-refractivity contribution in [3.8, 4) is 0 Å². The van der Waals surface area contributed by atoms with E-state index >= 15 is 0 Å². The molecule has 3 heteroatoms. The Morgan fingerprint density at radius 2 is 1.33 bits per heavy atom. The van der Waals surface area contributed by atoms with Crippen LogP contribution in [0.4, 0.5) is 0 Å². The van der Waals surface area contributed by atoms with Crippen LogP contribution in [-0.2, 0) is 0 Å². The van der Waals surface area contributed by atoms with Crippen LogP contribution < -0.4 is 10.6 Å². The summed E-state index contributed by atoms with van der Waals surface area (Å²) in [6.07, 6.45) is 2.52. The second kappa shape index (κ2) is 4.77. The SMILES string of the molecule is CC1CN(C2CC(C)(C)NC(C)(C)C2)CC(C)N1. The summed E-state index contributed by atoms with van der Waals surface area (Å²) in [5.41, 5.74) is 0.507. The van der Waals surface area contributed by atoms with Crippen LogP contribution in [0, 0.1) is 0 Å². The molecule has 2 unspecified atom stereocenters. The first-order chi connectivity index (χ1) is 8.17. The average Bonchev–Trinajstić information content (AvgIpc) is 2.10. The molecule has 0 spiro atoms. The van der Waals surface area contributed by atoms with Crippen LogP contribution in [0.3, 0.4) is 0 Å². The van der Waals surface area contributed by atoms with Crippen LogP contribution in [-0.4, -0.2) is 47.2 Å². The molecule has 0 amide bonds. The summed E-state index contributed by atoms with van der Waals surface area (Å²) < 4.78 is 0. The molecule has 0 radical (unpaired) electrons. The van der Waals surface area contributed by atoms with Gasteiger partial charge >= 0.3 is 0 Å². The van der Waals surface area contributed by atoms with Gasteiger partial charge in [-0.1, -0.05) is 0 Å². The quantitative estimate of drug-likeness (QED) is 0.748. The zero-order valence-electron chi connectivity index (χ0n) is 13.0. The molecular formula is C15H31N3. The molecule has 18 heavy (non-hydrogen) atoms. The van der Waals surface area contributed by atoms with Gasteiger partial charge in [0.1, 0.15) is 0 Å².